The number of ether oxygens (including phenoxy) is 12. The summed E-state index contributed by atoms with van der Waals surface area (Å²) in [5.74, 6) is 0.492. The highest BCUT2D eigenvalue weighted by Gasteiger charge is 2.40. The third-order valence-electron chi connectivity index (χ3n) is 16.4. The van der Waals surface area contributed by atoms with Gasteiger partial charge >= 0.3 is 17.1 Å². The number of epoxide rings is 11. The normalized spacial score (nSPS) is 27.8. The molecule has 11 atom stereocenters. The molecule has 12 aliphatic rings. The number of amides is 2. The molecule has 11 unspecified atom stereocenters. The highest BCUT2D eigenvalue weighted by Crippen LogP contribution is 2.29. The van der Waals surface area contributed by atoms with Gasteiger partial charge in [-0.1, -0.05) is 36.4 Å². The lowest BCUT2D eigenvalue weighted by molar-refractivity contribution is 0.0642. The van der Waals surface area contributed by atoms with Crippen molar-refractivity contribution in [1.82, 2.24) is 18.6 Å². The molecule has 1 aromatic heterocycles. The summed E-state index contributed by atoms with van der Waals surface area (Å²) in [6.07, 6.45) is 3.23. The predicted molar refractivity (Wildman–Crippen MR) is 312 cm³/mol. The zero-order valence-corrected chi connectivity index (χ0v) is 48.4. The van der Waals surface area contributed by atoms with Crippen molar-refractivity contribution in [2.24, 2.45) is 0 Å². The molecular weight excluding hydrogens is 1130 g/mol. The number of carbonyl (C=O) groups is 2. The summed E-state index contributed by atoms with van der Waals surface area (Å²) in [6.45, 7) is 15.6. The Hall–Kier alpha value is -6.81. The molecule has 11 saturated heterocycles. The summed E-state index contributed by atoms with van der Waals surface area (Å²) in [5, 5.41) is 0. The van der Waals surface area contributed by atoms with Gasteiger partial charge in [0.1, 0.15) is 18.5 Å². The summed E-state index contributed by atoms with van der Waals surface area (Å²) in [7, 11) is 0. The Morgan fingerprint density at radius 3 is 0.908 bits per heavy atom. The van der Waals surface area contributed by atoms with Crippen LogP contribution in [0.3, 0.4) is 0 Å². The van der Waals surface area contributed by atoms with Gasteiger partial charge in [-0.05, 0) is 78.2 Å². The predicted octanol–water partition coefficient (Wildman–Crippen LogP) is 1.60. The lowest BCUT2D eigenvalue weighted by Gasteiger charge is -2.24. The fraction of sp³-hybridized carbons (Fsp3) is 0.540. The maximum Gasteiger partial charge on any atom is 0.336 e. The maximum absolute atomic E-state index is 12.4. The molecule has 87 heavy (non-hydrogen) atoms. The van der Waals surface area contributed by atoms with Crippen LogP contribution in [-0.2, 0) is 78.2 Å². The molecule has 0 aliphatic carbocycles. The van der Waals surface area contributed by atoms with Crippen LogP contribution in [0.1, 0.15) is 31.8 Å². The second kappa shape index (κ2) is 25.7. The van der Waals surface area contributed by atoms with Gasteiger partial charge in [0.25, 0.3) is 11.8 Å². The first-order valence-corrected chi connectivity index (χ1v) is 30.4. The monoisotopic (exact) mass is 1200 g/mol. The van der Waals surface area contributed by atoms with E-state index in [0.717, 1.165) is 111 Å². The summed E-state index contributed by atoms with van der Waals surface area (Å²) in [6, 6.07) is 33.1. The number of fused-ring (bicyclic) bond motifs is 1. The van der Waals surface area contributed by atoms with E-state index in [0.29, 0.717) is 93.4 Å². The van der Waals surface area contributed by atoms with Crippen LogP contribution in [-0.4, -0.2) is 223 Å². The number of benzene rings is 4. The fourth-order valence-corrected chi connectivity index (χ4v) is 10.4. The van der Waals surface area contributed by atoms with Crippen LogP contribution in [0.4, 0.5) is 17.1 Å². The van der Waals surface area contributed by atoms with Crippen molar-refractivity contribution in [3.8, 4) is 5.75 Å². The zero-order valence-electron chi connectivity index (χ0n) is 48.4. The van der Waals surface area contributed by atoms with E-state index in [2.05, 4.69) is 75.4 Å². The molecule has 462 valence electrons. The molecule has 0 N–H and O–H groups in total. The molecule has 2 amide bonds. The third kappa shape index (κ3) is 16.7. The average Bonchev–Trinajstić information content (AvgIpc) is 2.31. The van der Waals surface area contributed by atoms with Gasteiger partial charge in [0.05, 0.1) is 171 Å². The number of hydrogen-bond donors (Lipinski definition) is 0. The lowest BCUT2D eigenvalue weighted by Crippen LogP contribution is -2.55. The van der Waals surface area contributed by atoms with Crippen LogP contribution in [0.25, 0.3) is 0 Å². The van der Waals surface area contributed by atoms with Gasteiger partial charge in [-0.25, -0.2) is 28.1 Å². The van der Waals surface area contributed by atoms with E-state index in [1.165, 1.54) is 33.1 Å². The van der Waals surface area contributed by atoms with E-state index in [9.17, 15) is 24.0 Å². The SMILES string of the molecule is O=C1c2ccccc2C(=O)N1CC1CO1.O=c1n(CC2CO2)c(=O)n(CC2CO2)c(=O)n1CC1CO1.c1cc(N(CC2CO2)CC2CO2)ccc1Cc1ccc(N(CC2CO2)CC2CO2)cc1.c1cc(N(CC2CO2)CC2CO2)ccc1OCC1CO1. The molecule has 12 aliphatic heterocycles. The summed E-state index contributed by atoms with van der Waals surface area (Å²) >= 11 is 0. The second-order valence-corrected chi connectivity index (χ2v) is 24.0. The molecule has 5 aromatic rings. The van der Waals surface area contributed by atoms with Crippen molar-refractivity contribution in [3.05, 3.63) is 151 Å². The minimum absolute atomic E-state index is 0.0483. The minimum Gasteiger partial charge on any atom is -0.491 e. The maximum atomic E-state index is 12.4. The van der Waals surface area contributed by atoms with Crippen molar-refractivity contribution < 1.29 is 66.4 Å². The Kier molecular flexibility index (Phi) is 17.1. The number of imide groups is 1. The highest BCUT2D eigenvalue weighted by molar-refractivity contribution is 6.21. The minimum atomic E-state index is -0.594. The largest absolute Gasteiger partial charge is 0.491 e. The van der Waals surface area contributed by atoms with E-state index < -0.39 is 17.1 Å². The first kappa shape index (κ1) is 57.9. The van der Waals surface area contributed by atoms with E-state index in [1.54, 1.807) is 24.3 Å². The summed E-state index contributed by atoms with van der Waals surface area (Å²) in [4.78, 5) is 69.1. The van der Waals surface area contributed by atoms with Gasteiger partial charge in [-0.15, -0.1) is 0 Å². The van der Waals surface area contributed by atoms with Crippen LogP contribution in [0.5, 0.6) is 5.75 Å². The van der Waals surface area contributed by atoms with Crippen LogP contribution in [0.2, 0.25) is 0 Å². The molecule has 24 heteroatoms. The standard InChI is InChI=1S/C25H30N2O4.C15H19NO4.C12H15N3O6.C11H9NO3/c1-5-20(26(10-22-14-28-22)11-23-15-29-23)6-2-18(1)9-19-3-7-21(8-4-19)27(12-24-16-30-24)13-25-17-31-25;1-3-12(17-9-15-10-20-15)4-2-11(1)16(5-13-7-18-13)6-14-8-19-14;16-10-13(1-7-4-19-7)11(17)15(3-9-6-21-9)12(18)14(10)2-8-5-20-8;13-10-8-3-1-2-4-9(8)11(14)12(10)5-7-6-15-7/h1-8,22-25H,9-17H2;1-4,13-15H,5-10H2;7-9H,1-6H2;1-4,7H,5-6H2. The molecule has 17 rings (SSSR count). The Morgan fingerprint density at radius 1 is 0.345 bits per heavy atom. The Labute approximate surface area is 501 Å². The van der Waals surface area contributed by atoms with Crippen molar-refractivity contribution >= 4 is 28.9 Å². The number of anilines is 3. The lowest BCUT2D eigenvalue weighted by atomic mass is 10.0. The highest BCUT2D eigenvalue weighted by atomic mass is 16.6. The van der Waals surface area contributed by atoms with Gasteiger partial charge in [0, 0.05) is 56.3 Å². The Balaban J connectivity index is 0.000000106. The van der Waals surface area contributed by atoms with Crippen LogP contribution in [0, 0.1) is 0 Å². The van der Waals surface area contributed by atoms with E-state index in [1.807, 2.05) is 12.1 Å². The van der Waals surface area contributed by atoms with Crippen LogP contribution >= 0.6 is 0 Å². The van der Waals surface area contributed by atoms with Crippen molar-refractivity contribution in [2.45, 2.75) is 93.2 Å². The summed E-state index contributed by atoms with van der Waals surface area (Å²) < 4.78 is 66.7. The first-order chi connectivity index (χ1) is 42.5. The molecule has 4 aromatic carbocycles. The van der Waals surface area contributed by atoms with Gasteiger partial charge in [0.15, 0.2) is 0 Å². The van der Waals surface area contributed by atoms with Gasteiger partial charge < -0.3 is 71.5 Å². The molecular formula is C63H73N7O17. The number of carbonyl (C=O) groups excluding carboxylic acids is 2. The van der Waals surface area contributed by atoms with Crippen LogP contribution < -0.4 is 36.5 Å². The topological polar surface area (TPSA) is 260 Å². The number of hydrogen-bond acceptors (Lipinski definition) is 20. The van der Waals surface area contributed by atoms with Crippen molar-refractivity contribution in [2.75, 3.05) is 140 Å². The second-order valence-electron chi connectivity index (χ2n) is 24.0. The molecule has 13 heterocycles. The molecule has 11 fully saturated rings. The molecule has 0 radical (unpaired) electrons. The zero-order chi connectivity index (χ0) is 59.0. The van der Waals surface area contributed by atoms with Crippen molar-refractivity contribution in [3.63, 3.8) is 0 Å². The smallest absolute Gasteiger partial charge is 0.336 e. The third-order valence-corrected chi connectivity index (χ3v) is 16.4. The van der Waals surface area contributed by atoms with Gasteiger partial charge in [0.2, 0.25) is 0 Å². The Bertz CT molecular complexity index is 3110. The first-order valence-electron chi connectivity index (χ1n) is 30.4. The van der Waals surface area contributed by atoms with Crippen LogP contribution in [0.15, 0.2) is 111 Å². The van der Waals surface area contributed by atoms with Gasteiger partial charge in [-0.2, -0.15) is 0 Å². The van der Waals surface area contributed by atoms with E-state index in [-0.39, 0.29) is 55.9 Å². The Morgan fingerprint density at radius 2 is 0.621 bits per heavy atom. The van der Waals surface area contributed by atoms with Crippen molar-refractivity contribution in [1.29, 1.82) is 0 Å². The quantitative estimate of drug-likeness (QED) is 0.0509. The summed E-state index contributed by atoms with van der Waals surface area (Å²) in [5.41, 5.74) is 5.60. The van der Waals surface area contributed by atoms with Gasteiger partial charge in [-0.3, -0.25) is 14.5 Å². The average molecular weight is 1200 g/mol. The molecule has 0 saturated carbocycles. The molecule has 24 nitrogen and oxygen atoms in total. The fourth-order valence-electron chi connectivity index (χ4n) is 10.4. The number of nitrogens with zero attached hydrogens (tertiary/aromatic N) is 7. The van der Waals surface area contributed by atoms with E-state index >= 15 is 0 Å². The number of aromatic nitrogens is 3. The number of rotatable bonds is 28. The van der Waals surface area contributed by atoms with E-state index in [4.69, 9.17) is 56.8 Å². The molecule has 0 spiro atoms. The molecule has 0 bridgehead atoms.